The van der Waals surface area contributed by atoms with E-state index >= 15 is 0 Å². The summed E-state index contributed by atoms with van der Waals surface area (Å²) in [5.41, 5.74) is 0. The van der Waals surface area contributed by atoms with Crippen molar-refractivity contribution in [1.82, 2.24) is 0 Å². The first-order chi connectivity index (χ1) is 26.5. The van der Waals surface area contributed by atoms with Crippen LogP contribution < -0.4 is 0 Å². The van der Waals surface area contributed by atoms with Gasteiger partial charge in [0.2, 0.25) is 0 Å². The molecule has 1 rings (SSSR count). The van der Waals surface area contributed by atoms with Gasteiger partial charge in [-0.3, -0.25) is 13.8 Å². The maximum atomic E-state index is 12.8. The monoisotopic (exact) mass is 802 g/mol. The van der Waals surface area contributed by atoms with Gasteiger partial charge < -0.3 is 39.9 Å². The molecule has 0 heterocycles. The Morgan fingerprint density at radius 1 is 0.600 bits per heavy atom. The predicted molar refractivity (Wildman–Crippen MR) is 216 cm³/mol. The molecule has 0 radical (unpaired) electrons. The van der Waals surface area contributed by atoms with Crippen LogP contribution in [0.4, 0.5) is 0 Å². The normalized spacial score (nSPS) is 23.7. The van der Waals surface area contributed by atoms with E-state index in [1.54, 1.807) is 0 Å². The first-order valence-corrected chi connectivity index (χ1v) is 22.5. The standard InChI is InChI=1S/C42H75O12P/c1-3-5-7-9-11-13-14-15-16-17-18-19-20-21-22-23-25-27-29-31-36(43)53-35(33-51-32-30-28-26-24-12-10-8-6-4-2)34-52-55(49,50)54-42-40(47)38(45)37(44)39(46)41(42)48/h5,7,11,13,15-16,18-19,35,37-42,44-48H,3-4,6,8-10,12,14,17,20-34H2,1-2H3,(H,49,50)/b7-5-,13-11-,16-15-,19-18-. The average Bonchev–Trinajstić information content (AvgIpc) is 3.17. The van der Waals surface area contributed by atoms with Gasteiger partial charge in [0.1, 0.15) is 42.7 Å². The molecule has 0 aromatic rings. The molecule has 0 aromatic heterocycles. The van der Waals surface area contributed by atoms with Crippen LogP contribution in [-0.2, 0) is 27.9 Å². The van der Waals surface area contributed by atoms with Crippen molar-refractivity contribution in [3.8, 4) is 0 Å². The van der Waals surface area contributed by atoms with Crippen LogP contribution in [0, 0.1) is 0 Å². The van der Waals surface area contributed by atoms with Crippen LogP contribution in [-0.4, -0.2) is 98.9 Å². The fraction of sp³-hybridized carbons (Fsp3) is 0.786. The Bertz CT molecular complexity index is 1100. The zero-order valence-corrected chi connectivity index (χ0v) is 34.6. The highest BCUT2D eigenvalue weighted by molar-refractivity contribution is 7.47. The molecule has 0 bridgehead atoms. The number of esters is 1. The van der Waals surface area contributed by atoms with E-state index in [2.05, 4.69) is 62.5 Å². The van der Waals surface area contributed by atoms with Gasteiger partial charge in [-0.15, -0.1) is 0 Å². The lowest BCUT2D eigenvalue weighted by Gasteiger charge is -2.41. The summed E-state index contributed by atoms with van der Waals surface area (Å²) in [6.45, 7) is 4.09. The highest BCUT2D eigenvalue weighted by Gasteiger charge is 2.51. The lowest BCUT2D eigenvalue weighted by molar-refractivity contribution is -0.220. The molecular weight excluding hydrogens is 727 g/mol. The third kappa shape index (κ3) is 26.0. The van der Waals surface area contributed by atoms with Crippen LogP contribution in [0.15, 0.2) is 48.6 Å². The Morgan fingerprint density at radius 2 is 1.07 bits per heavy atom. The third-order valence-corrected chi connectivity index (χ3v) is 10.5. The van der Waals surface area contributed by atoms with Crippen LogP contribution in [0.2, 0.25) is 0 Å². The van der Waals surface area contributed by atoms with Crippen LogP contribution >= 0.6 is 7.82 Å². The molecule has 6 unspecified atom stereocenters. The first kappa shape index (κ1) is 51.3. The van der Waals surface area contributed by atoms with Crippen LogP contribution in [0.3, 0.4) is 0 Å². The van der Waals surface area contributed by atoms with Crippen molar-refractivity contribution >= 4 is 13.8 Å². The smallest absolute Gasteiger partial charge is 0.457 e. The Kier molecular flexibility index (Phi) is 31.1. The van der Waals surface area contributed by atoms with Crippen molar-refractivity contribution in [2.75, 3.05) is 19.8 Å². The van der Waals surface area contributed by atoms with Gasteiger partial charge in [-0.25, -0.2) is 4.57 Å². The molecule has 1 saturated carbocycles. The number of hydrogen-bond donors (Lipinski definition) is 6. The fourth-order valence-electron chi connectivity index (χ4n) is 6.11. The van der Waals surface area contributed by atoms with E-state index in [1.165, 1.54) is 38.5 Å². The molecule has 1 aliphatic carbocycles. The minimum absolute atomic E-state index is 0.0830. The van der Waals surface area contributed by atoms with Gasteiger partial charge in [0.05, 0.1) is 13.2 Å². The second-order valence-electron chi connectivity index (χ2n) is 14.5. The molecular formula is C42H75O12P. The van der Waals surface area contributed by atoms with Crippen molar-refractivity contribution in [3.05, 3.63) is 48.6 Å². The Hall–Kier alpha value is -1.70. The minimum atomic E-state index is -5.01. The Morgan fingerprint density at radius 3 is 1.64 bits per heavy atom. The van der Waals surface area contributed by atoms with E-state index in [9.17, 15) is 39.8 Å². The van der Waals surface area contributed by atoms with E-state index < -0.39 is 63.1 Å². The molecule has 55 heavy (non-hydrogen) atoms. The summed E-state index contributed by atoms with van der Waals surface area (Å²) in [7, 11) is -5.01. The van der Waals surface area contributed by atoms with Crippen molar-refractivity contribution in [3.63, 3.8) is 0 Å². The summed E-state index contributed by atoms with van der Waals surface area (Å²) < 4.78 is 34.0. The Balaban J connectivity index is 2.41. The largest absolute Gasteiger partial charge is 0.472 e. The van der Waals surface area contributed by atoms with E-state index in [0.29, 0.717) is 13.0 Å². The summed E-state index contributed by atoms with van der Waals surface area (Å²) in [4.78, 5) is 23.0. The van der Waals surface area contributed by atoms with Gasteiger partial charge in [-0.2, -0.15) is 0 Å². The van der Waals surface area contributed by atoms with Gasteiger partial charge in [0, 0.05) is 13.0 Å². The molecule has 6 atom stereocenters. The average molecular weight is 803 g/mol. The van der Waals surface area contributed by atoms with Gasteiger partial charge >= 0.3 is 13.8 Å². The molecule has 0 amide bonds. The van der Waals surface area contributed by atoms with E-state index in [0.717, 1.165) is 83.5 Å². The zero-order chi connectivity index (χ0) is 40.6. The molecule has 1 aliphatic rings. The van der Waals surface area contributed by atoms with Crippen molar-refractivity contribution in [2.24, 2.45) is 0 Å². The van der Waals surface area contributed by atoms with Gasteiger partial charge in [-0.05, 0) is 51.4 Å². The fourth-order valence-corrected chi connectivity index (χ4v) is 7.08. The third-order valence-electron chi connectivity index (χ3n) is 9.47. The molecule has 320 valence electrons. The number of allylic oxidation sites excluding steroid dienone is 8. The number of aliphatic hydroxyl groups is 5. The van der Waals surface area contributed by atoms with Crippen molar-refractivity contribution < 1.29 is 58.3 Å². The van der Waals surface area contributed by atoms with Gasteiger partial charge in [0.25, 0.3) is 0 Å². The maximum absolute atomic E-state index is 12.8. The molecule has 12 nitrogen and oxygen atoms in total. The number of aliphatic hydroxyl groups excluding tert-OH is 5. The molecule has 0 saturated heterocycles. The molecule has 6 N–H and O–H groups in total. The second-order valence-corrected chi connectivity index (χ2v) is 15.9. The molecule has 0 aliphatic heterocycles. The summed E-state index contributed by atoms with van der Waals surface area (Å²) in [6.07, 6.45) is 26.2. The SMILES string of the molecule is CC/C=C\C/C=C\C/C=C\C/C=C\CCCCCCCCC(=O)OC(COCCCCCCCCCCC)COP(=O)(O)OC1C(O)C(O)C(O)C(O)C1O. The molecule has 0 aromatic carbocycles. The Labute approximate surface area is 331 Å². The predicted octanol–water partition coefficient (Wildman–Crippen LogP) is 7.69. The summed E-state index contributed by atoms with van der Waals surface area (Å²) >= 11 is 0. The number of hydrogen-bond acceptors (Lipinski definition) is 11. The number of carbonyl (C=O) groups excluding carboxylic acids is 1. The first-order valence-electron chi connectivity index (χ1n) is 21.0. The van der Waals surface area contributed by atoms with Crippen LogP contribution in [0.5, 0.6) is 0 Å². The van der Waals surface area contributed by atoms with Crippen molar-refractivity contribution in [1.29, 1.82) is 0 Å². The summed E-state index contributed by atoms with van der Waals surface area (Å²) in [5.74, 6) is -0.494. The number of unbranched alkanes of at least 4 members (excludes halogenated alkanes) is 14. The van der Waals surface area contributed by atoms with E-state index in [-0.39, 0.29) is 13.0 Å². The van der Waals surface area contributed by atoms with E-state index in [1.807, 2.05) is 0 Å². The molecule has 13 heteroatoms. The lowest BCUT2D eigenvalue weighted by Crippen LogP contribution is -2.64. The minimum Gasteiger partial charge on any atom is -0.457 e. The highest BCUT2D eigenvalue weighted by Crippen LogP contribution is 2.47. The quantitative estimate of drug-likeness (QED) is 0.0161. The number of carbonyl (C=O) groups is 1. The second kappa shape index (κ2) is 33.3. The van der Waals surface area contributed by atoms with Crippen LogP contribution in [0.1, 0.15) is 149 Å². The zero-order valence-electron chi connectivity index (χ0n) is 33.7. The summed E-state index contributed by atoms with van der Waals surface area (Å²) in [6, 6.07) is 0. The molecule has 1 fully saturated rings. The van der Waals surface area contributed by atoms with Gasteiger partial charge in [0.15, 0.2) is 0 Å². The maximum Gasteiger partial charge on any atom is 0.472 e. The number of ether oxygens (including phenoxy) is 2. The molecule has 0 spiro atoms. The number of phosphoric ester groups is 1. The van der Waals surface area contributed by atoms with Crippen LogP contribution in [0.25, 0.3) is 0 Å². The number of rotatable bonds is 34. The summed E-state index contributed by atoms with van der Waals surface area (Å²) in [5, 5.41) is 50.0. The highest BCUT2D eigenvalue weighted by atomic mass is 31.2. The van der Waals surface area contributed by atoms with Crippen molar-refractivity contribution in [2.45, 2.75) is 191 Å². The van der Waals surface area contributed by atoms with Gasteiger partial charge in [-0.1, -0.05) is 140 Å². The van der Waals surface area contributed by atoms with E-state index in [4.69, 9.17) is 18.5 Å². The number of phosphoric acid groups is 1. The topological polar surface area (TPSA) is 192 Å². The lowest BCUT2D eigenvalue weighted by atomic mass is 9.85.